The Balaban J connectivity index is 1.88. The van der Waals surface area contributed by atoms with Gasteiger partial charge in [0.25, 0.3) is 5.91 Å². The van der Waals surface area contributed by atoms with Crippen molar-refractivity contribution in [1.82, 2.24) is 9.80 Å². The van der Waals surface area contributed by atoms with Crippen LogP contribution in [-0.4, -0.2) is 65.2 Å². The Hall–Kier alpha value is -2.51. The molecule has 0 N–H and O–H groups in total. The molecule has 2 aliphatic rings. The molecule has 1 aliphatic carbocycles. The number of ether oxygens (including phenoxy) is 2. The molecule has 3 rings (SSSR count). The molecule has 0 radical (unpaired) electrons. The van der Waals surface area contributed by atoms with Gasteiger partial charge in [-0.05, 0) is 64.5 Å². The van der Waals surface area contributed by atoms with Crippen molar-refractivity contribution in [3.63, 3.8) is 0 Å². The summed E-state index contributed by atoms with van der Waals surface area (Å²) in [5.74, 6) is 0.186. The lowest BCUT2D eigenvalue weighted by molar-refractivity contribution is -0.145. The number of furan rings is 1. The molecule has 0 spiro atoms. The van der Waals surface area contributed by atoms with Crippen LogP contribution in [0.25, 0.3) is 0 Å². The van der Waals surface area contributed by atoms with E-state index in [2.05, 4.69) is 6.92 Å². The molecule has 1 aliphatic heterocycles. The number of hydrogen-bond donors (Lipinski definition) is 0. The Labute approximate surface area is 183 Å². The molecule has 0 aromatic carbocycles. The van der Waals surface area contributed by atoms with Gasteiger partial charge in [0, 0.05) is 19.0 Å². The number of nitrogens with zero attached hydrogens (tertiary/aromatic N) is 2. The maximum atomic E-state index is 13.4. The van der Waals surface area contributed by atoms with E-state index in [1.807, 2.05) is 4.90 Å². The standard InChI is InChI=1S/C23H34N2O6/c1-15-8-10-16(11-9-15)25(20(26)19-7-6-12-30-19)17-13-18(21(27)29-5)24(14-17)22(28)31-23(2,3)4/h6-7,12,15-18H,8-11,13-14H2,1-5H3/t15?,16?,17-,18-/m0/s1. The Morgan fingerprint density at radius 1 is 1.13 bits per heavy atom. The lowest BCUT2D eigenvalue weighted by atomic mass is 9.85. The minimum Gasteiger partial charge on any atom is -0.467 e. The van der Waals surface area contributed by atoms with Gasteiger partial charge in [-0.1, -0.05) is 6.92 Å². The highest BCUT2D eigenvalue weighted by molar-refractivity contribution is 5.92. The van der Waals surface area contributed by atoms with Crippen molar-refractivity contribution in [2.45, 2.75) is 83.5 Å². The lowest BCUT2D eigenvalue weighted by Gasteiger charge is -2.39. The van der Waals surface area contributed by atoms with Crippen molar-refractivity contribution in [3.05, 3.63) is 24.2 Å². The monoisotopic (exact) mass is 434 g/mol. The molecule has 1 saturated heterocycles. The molecule has 2 atom stereocenters. The summed E-state index contributed by atoms with van der Waals surface area (Å²) in [5.41, 5.74) is -0.695. The highest BCUT2D eigenvalue weighted by Gasteiger charge is 2.47. The zero-order valence-corrected chi connectivity index (χ0v) is 19.1. The zero-order chi connectivity index (χ0) is 22.8. The first-order valence-electron chi connectivity index (χ1n) is 11.0. The summed E-state index contributed by atoms with van der Waals surface area (Å²) in [4.78, 5) is 42.0. The zero-order valence-electron chi connectivity index (χ0n) is 19.1. The van der Waals surface area contributed by atoms with Crippen LogP contribution >= 0.6 is 0 Å². The van der Waals surface area contributed by atoms with Gasteiger partial charge in [0.15, 0.2) is 5.76 Å². The Morgan fingerprint density at radius 3 is 2.35 bits per heavy atom. The van der Waals surface area contributed by atoms with Gasteiger partial charge in [0.05, 0.1) is 19.4 Å². The average molecular weight is 435 g/mol. The van der Waals surface area contributed by atoms with Gasteiger partial charge >= 0.3 is 12.1 Å². The molecule has 8 nitrogen and oxygen atoms in total. The van der Waals surface area contributed by atoms with Gasteiger partial charge < -0.3 is 18.8 Å². The normalized spacial score (nSPS) is 26.4. The fraction of sp³-hybridized carbons (Fsp3) is 0.696. The second-order valence-electron chi connectivity index (χ2n) is 9.66. The van der Waals surface area contributed by atoms with Gasteiger partial charge in [-0.15, -0.1) is 0 Å². The van der Waals surface area contributed by atoms with Crippen LogP contribution in [-0.2, 0) is 14.3 Å². The second-order valence-corrected chi connectivity index (χ2v) is 9.66. The van der Waals surface area contributed by atoms with Crippen LogP contribution in [0.4, 0.5) is 4.79 Å². The van der Waals surface area contributed by atoms with Crippen molar-refractivity contribution >= 4 is 18.0 Å². The van der Waals surface area contributed by atoms with Gasteiger partial charge in [-0.25, -0.2) is 9.59 Å². The molecule has 1 aromatic heterocycles. The molecule has 8 heteroatoms. The molecular weight excluding hydrogens is 400 g/mol. The van der Waals surface area contributed by atoms with Crippen molar-refractivity contribution < 1.29 is 28.3 Å². The van der Waals surface area contributed by atoms with Gasteiger partial charge in [0.2, 0.25) is 0 Å². The summed E-state index contributed by atoms with van der Waals surface area (Å²) in [5, 5.41) is 0. The van der Waals surface area contributed by atoms with Crippen molar-refractivity contribution in [2.24, 2.45) is 5.92 Å². The van der Waals surface area contributed by atoms with E-state index in [0.717, 1.165) is 25.7 Å². The van der Waals surface area contributed by atoms with E-state index in [9.17, 15) is 14.4 Å². The summed E-state index contributed by atoms with van der Waals surface area (Å²) in [6, 6.07) is 2.26. The Morgan fingerprint density at radius 2 is 1.81 bits per heavy atom. The van der Waals surface area contributed by atoms with E-state index >= 15 is 0 Å². The third-order valence-corrected chi connectivity index (χ3v) is 6.12. The molecule has 2 amide bonds. The molecule has 2 fully saturated rings. The molecule has 0 bridgehead atoms. The minimum absolute atomic E-state index is 0.0377. The number of hydrogen-bond acceptors (Lipinski definition) is 6. The first-order chi connectivity index (χ1) is 14.6. The maximum absolute atomic E-state index is 13.4. The number of methoxy groups -OCH3 is 1. The van der Waals surface area contributed by atoms with Crippen LogP contribution in [0.5, 0.6) is 0 Å². The largest absolute Gasteiger partial charge is 0.467 e. The van der Waals surface area contributed by atoms with Gasteiger partial charge in [-0.2, -0.15) is 0 Å². The Bertz CT molecular complexity index is 776. The van der Waals surface area contributed by atoms with Crippen molar-refractivity contribution in [3.8, 4) is 0 Å². The van der Waals surface area contributed by atoms with E-state index in [1.54, 1.807) is 32.9 Å². The molecule has 31 heavy (non-hydrogen) atoms. The number of esters is 1. The van der Waals surface area contributed by atoms with Crippen LogP contribution < -0.4 is 0 Å². The van der Waals surface area contributed by atoms with Crippen LogP contribution in [0.2, 0.25) is 0 Å². The number of carbonyl (C=O) groups excluding carboxylic acids is 3. The van der Waals surface area contributed by atoms with E-state index < -0.39 is 23.7 Å². The molecule has 1 saturated carbocycles. The summed E-state index contributed by atoms with van der Waals surface area (Å²) >= 11 is 0. The SMILES string of the molecule is COC(=O)[C@@H]1C[C@H](N(C(=O)c2ccco2)C2CCC(C)CC2)CN1C(=O)OC(C)(C)C. The van der Waals surface area contributed by atoms with E-state index in [4.69, 9.17) is 13.9 Å². The van der Waals surface area contributed by atoms with Gasteiger partial charge in [0.1, 0.15) is 11.6 Å². The van der Waals surface area contributed by atoms with Crippen molar-refractivity contribution in [2.75, 3.05) is 13.7 Å². The predicted molar refractivity (Wildman–Crippen MR) is 113 cm³/mol. The molecule has 172 valence electrons. The third-order valence-electron chi connectivity index (χ3n) is 6.12. The van der Waals surface area contributed by atoms with Gasteiger partial charge in [-0.3, -0.25) is 9.69 Å². The highest BCUT2D eigenvalue weighted by atomic mass is 16.6. The summed E-state index contributed by atoms with van der Waals surface area (Å²) in [7, 11) is 1.30. The number of likely N-dealkylation sites (tertiary alicyclic amines) is 1. The highest BCUT2D eigenvalue weighted by Crippen LogP contribution is 2.34. The minimum atomic E-state index is -0.792. The fourth-order valence-corrected chi connectivity index (χ4v) is 4.58. The molecule has 1 aromatic rings. The van der Waals surface area contributed by atoms with Crippen LogP contribution in [0.15, 0.2) is 22.8 Å². The predicted octanol–water partition coefficient (Wildman–Crippen LogP) is 3.85. The maximum Gasteiger partial charge on any atom is 0.411 e. The van der Waals surface area contributed by atoms with E-state index in [1.165, 1.54) is 18.3 Å². The summed E-state index contributed by atoms with van der Waals surface area (Å²) < 4.78 is 15.9. The third kappa shape index (κ3) is 5.40. The number of amides is 2. The topological polar surface area (TPSA) is 89.3 Å². The van der Waals surface area contributed by atoms with Crippen molar-refractivity contribution in [1.29, 1.82) is 0 Å². The van der Waals surface area contributed by atoms with Crippen LogP contribution in [0.3, 0.4) is 0 Å². The van der Waals surface area contributed by atoms with Crippen LogP contribution in [0.1, 0.15) is 70.4 Å². The molecule has 2 heterocycles. The first kappa shape index (κ1) is 23.2. The summed E-state index contributed by atoms with van der Waals surface area (Å²) in [6.07, 6.45) is 5.06. The fourth-order valence-electron chi connectivity index (χ4n) is 4.58. The Kier molecular flexibility index (Phi) is 6.96. The molecular formula is C23H34N2O6. The molecule has 0 unspecified atom stereocenters. The second kappa shape index (κ2) is 9.32. The number of rotatable bonds is 4. The quantitative estimate of drug-likeness (QED) is 0.669. The average Bonchev–Trinajstić information content (AvgIpc) is 3.38. The summed E-state index contributed by atoms with van der Waals surface area (Å²) in [6.45, 7) is 7.78. The first-order valence-corrected chi connectivity index (χ1v) is 11.0. The van der Waals surface area contributed by atoms with E-state index in [-0.39, 0.29) is 30.3 Å². The lowest BCUT2D eigenvalue weighted by Crippen LogP contribution is -2.50. The number of carbonyl (C=O) groups is 3. The smallest absolute Gasteiger partial charge is 0.411 e. The van der Waals surface area contributed by atoms with Crippen LogP contribution in [0, 0.1) is 5.92 Å². The van der Waals surface area contributed by atoms with E-state index in [0.29, 0.717) is 12.3 Å².